The molecule has 0 radical (unpaired) electrons. The van der Waals surface area contributed by atoms with Crippen molar-refractivity contribution in [3.05, 3.63) is 17.5 Å². The van der Waals surface area contributed by atoms with E-state index in [4.69, 9.17) is 0 Å². The van der Waals surface area contributed by atoms with E-state index in [-0.39, 0.29) is 0 Å². The Bertz CT molecular complexity index is 391. The first-order valence-corrected chi connectivity index (χ1v) is 6.99. The third-order valence-electron chi connectivity index (χ3n) is 3.52. The van der Waals surface area contributed by atoms with Crippen LogP contribution in [0, 0.1) is 12.8 Å². The molecule has 0 amide bonds. The summed E-state index contributed by atoms with van der Waals surface area (Å²) < 4.78 is 0. The number of nitrogens with zero attached hydrogens (tertiary/aromatic N) is 3. The number of aromatic nitrogens is 2. The zero-order valence-corrected chi connectivity index (χ0v) is 11.7. The highest BCUT2D eigenvalue weighted by Crippen LogP contribution is 2.20. The third kappa shape index (κ3) is 3.19. The monoisotopic (exact) mass is 248 g/mol. The molecule has 18 heavy (non-hydrogen) atoms. The summed E-state index contributed by atoms with van der Waals surface area (Å²) in [5.74, 6) is 1.66. The van der Waals surface area contributed by atoms with Gasteiger partial charge in [0, 0.05) is 37.1 Å². The Kier molecular flexibility index (Phi) is 4.53. The molecular weight excluding hydrogens is 224 g/mol. The summed E-state index contributed by atoms with van der Waals surface area (Å²) in [5, 5.41) is 3.39. The van der Waals surface area contributed by atoms with Gasteiger partial charge in [-0.1, -0.05) is 13.8 Å². The van der Waals surface area contributed by atoms with Crippen LogP contribution in [0.25, 0.3) is 0 Å². The fourth-order valence-electron chi connectivity index (χ4n) is 2.32. The van der Waals surface area contributed by atoms with Crippen molar-refractivity contribution in [3.8, 4) is 0 Å². The molecule has 2 heterocycles. The van der Waals surface area contributed by atoms with E-state index in [1.54, 1.807) is 0 Å². The van der Waals surface area contributed by atoms with Gasteiger partial charge in [0.15, 0.2) is 0 Å². The molecular formula is C14H24N4. The summed E-state index contributed by atoms with van der Waals surface area (Å²) in [6.07, 6.45) is 4.38. The number of hydrogen-bond acceptors (Lipinski definition) is 4. The van der Waals surface area contributed by atoms with E-state index in [0.29, 0.717) is 0 Å². The molecule has 1 N–H and O–H groups in total. The van der Waals surface area contributed by atoms with Crippen LogP contribution in [-0.2, 0) is 6.54 Å². The molecule has 4 nitrogen and oxygen atoms in total. The SMILES string of the molecule is CCCNCc1cnc(N2CCC(C)C2)nc1C. The Morgan fingerprint density at radius 1 is 1.50 bits per heavy atom. The average molecular weight is 248 g/mol. The number of aryl methyl sites for hydroxylation is 1. The van der Waals surface area contributed by atoms with Crippen LogP contribution in [0.4, 0.5) is 5.95 Å². The molecule has 0 bridgehead atoms. The lowest BCUT2D eigenvalue weighted by molar-refractivity contribution is 0.656. The zero-order valence-electron chi connectivity index (χ0n) is 11.7. The van der Waals surface area contributed by atoms with Gasteiger partial charge < -0.3 is 10.2 Å². The van der Waals surface area contributed by atoms with E-state index < -0.39 is 0 Å². The summed E-state index contributed by atoms with van der Waals surface area (Å²) in [6.45, 7) is 10.6. The molecule has 1 fully saturated rings. The normalized spacial score (nSPS) is 19.5. The molecule has 2 rings (SSSR count). The van der Waals surface area contributed by atoms with Crippen molar-refractivity contribution >= 4 is 5.95 Å². The lowest BCUT2D eigenvalue weighted by Gasteiger charge is -2.17. The first-order chi connectivity index (χ1) is 8.70. The molecule has 1 unspecified atom stereocenters. The smallest absolute Gasteiger partial charge is 0.225 e. The molecule has 0 aromatic carbocycles. The Balaban J connectivity index is 2.00. The van der Waals surface area contributed by atoms with E-state index in [0.717, 1.165) is 50.2 Å². The molecule has 0 aliphatic carbocycles. The van der Waals surface area contributed by atoms with Crippen LogP contribution in [0.2, 0.25) is 0 Å². The van der Waals surface area contributed by atoms with Gasteiger partial charge in [0.2, 0.25) is 5.95 Å². The van der Waals surface area contributed by atoms with Gasteiger partial charge in [0.1, 0.15) is 0 Å². The fraction of sp³-hybridized carbons (Fsp3) is 0.714. The van der Waals surface area contributed by atoms with Crippen molar-refractivity contribution in [1.29, 1.82) is 0 Å². The Morgan fingerprint density at radius 2 is 2.33 bits per heavy atom. The highest BCUT2D eigenvalue weighted by Gasteiger charge is 2.21. The second kappa shape index (κ2) is 6.14. The first kappa shape index (κ1) is 13.3. The first-order valence-electron chi connectivity index (χ1n) is 6.99. The lowest BCUT2D eigenvalue weighted by atomic mass is 10.2. The average Bonchev–Trinajstić information content (AvgIpc) is 2.78. The fourth-order valence-corrected chi connectivity index (χ4v) is 2.32. The highest BCUT2D eigenvalue weighted by molar-refractivity contribution is 5.34. The molecule has 1 aromatic rings. The summed E-state index contributed by atoms with van der Waals surface area (Å²) in [7, 11) is 0. The van der Waals surface area contributed by atoms with Crippen LogP contribution in [0.3, 0.4) is 0 Å². The standard InChI is InChI=1S/C14H24N4/c1-4-6-15-8-13-9-16-14(17-12(13)3)18-7-5-11(2)10-18/h9,11,15H,4-8,10H2,1-3H3. The molecule has 1 atom stereocenters. The maximum absolute atomic E-state index is 4.64. The van der Waals surface area contributed by atoms with Crippen molar-refractivity contribution in [2.24, 2.45) is 5.92 Å². The van der Waals surface area contributed by atoms with Gasteiger partial charge in [-0.25, -0.2) is 9.97 Å². The van der Waals surface area contributed by atoms with E-state index in [9.17, 15) is 0 Å². The van der Waals surface area contributed by atoms with Crippen LogP contribution in [-0.4, -0.2) is 29.6 Å². The molecule has 4 heteroatoms. The number of hydrogen-bond donors (Lipinski definition) is 1. The van der Waals surface area contributed by atoms with Gasteiger partial charge in [-0.3, -0.25) is 0 Å². The summed E-state index contributed by atoms with van der Waals surface area (Å²) in [6, 6.07) is 0. The van der Waals surface area contributed by atoms with Gasteiger partial charge >= 0.3 is 0 Å². The van der Waals surface area contributed by atoms with Gasteiger partial charge in [-0.15, -0.1) is 0 Å². The highest BCUT2D eigenvalue weighted by atomic mass is 15.3. The van der Waals surface area contributed by atoms with Crippen molar-refractivity contribution in [2.45, 2.75) is 40.2 Å². The topological polar surface area (TPSA) is 41.1 Å². The molecule has 1 aliphatic rings. The molecule has 0 spiro atoms. The third-order valence-corrected chi connectivity index (χ3v) is 3.52. The van der Waals surface area contributed by atoms with Crippen LogP contribution >= 0.6 is 0 Å². The molecule has 100 valence electrons. The van der Waals surface area contributed by atoms with E-state index >= 15 is 0 Å². The summed E-state index contributed by atoms with van der Waals surface area (Å²) in [4.78, 5) is 11.4. The number of anilines is 1. The van der Waals surface area contributed by atoms with Crippen LogP contribution < -0.4 is 10.2 Å². The predicted molar refractivity (Wildman–Crippen MR) is 74.8 cm³/mol. The number of nitrogens with one attached hydrogen (secondary N) is 1. The van der Waals surface area contributed by atoms with E-state index in [1.807, 2.05) is 6.20 Å². The van der Waals surface area contributed by atoms with Crippen LogP contribution in [0.5, 0.6) is 0 Å². The second-order valence-corrected chi connectivity index (χ2v) is 5.30. The van der Waals surface area contributed by atoms with Gasteiger partial charge in [-0.2, -0.15) is 0 Å². The van der Waals surface area contributed by atoms with E-state index in [1.165, 1.54) is 12.0 Å². The van der Waals surface area contributed by atoms with E-state index in [2.05, 4.69) is 41.0 Å². The Hall–Kier alpha value is -1.16. The molecule has 1 aliphatic heterocycles. The van der Waals surface area contributed by atoms with Gasteiger partial charge in [0.05, 0.1) is 0 Å². The largest absolute Gasteiger partial charge is 0.341 e. The molecule has 1 aromatic heterocycles. The summed E-state index contributed by atoms with van der Waals surface area (Å²) in [5.41, 5.74) is 2.31. The minimum atomic E-state index is 0.764. The van der Waals surface area contributed by atoms with Crippen LogP contribution in [0.1, 0.15) is 37.9 Å². The van der Waals surface area contributed by atoms with Crippen molar-refractivity contribution in [2.75, 3.05) is 24.5 Å². The van der Waals surface area contributed by atoms with Gasteiger partial charge in [-0.05, 0) is 32.2 Å². The maximum atomic E-state index is 4.64. The minimum Gasteiger partial charge on any atom is -0.341 e. The molecule has 1 saturated heterocycles. The van der Waals surface area contributed by atoms with Crippen molar-refractivity contribution in [1.82, 2.24) is 15.3 Å². The lowest BCUT2D eigenvalue weighted by Crippen LogP contribution is -2.23. The summed E-state index contributed by atoms with van der Waals surface area (Å²) >= 11 is 0. The quantitative estimate of drug-likeness (QED) is 0.811. The van der Waals surface area contributed by atoms with Crippen LogP contribution in [0.15, 0.2) is 6.20 Å². The Morgan fingerprint density at radius 3 is 2.94 bits per heavy atom. The minimum absolute atomic E-state index is 0.764. The zero-order chi connectivity index (χ0) is 13.0. The van der Waals surface area contributed by atoms with Gasteiger partial charge in [0.25, 0.3) is 0 Å². The van der Waals surface area contributed by atoms with Crippen molar-refractivity contribution in [3.63, 3.8) is 0 Å². The maximum Gasteiger partial charge on any atom is 0.225 e. The second-order valence-electron chi connectivity index (χ2n) is 5.30. The number of rotatable bonds is 5. The Labute approximate surface area is 110 Å². The molecule has 0 saturated carbocycles. The predicted octanol–water partition coefficient (Wildman–Crippen LogP) is 2.13. The van der Waals surface area contributed by atoms with Crippen molar-refractivity contribution < 1.29 is 0 Å².